The van der Waals surface area contributed by atoms with Gasteiger partial charge in [-0.15, -0.1) is 0 Å². The van der Waals surface area contributed by atoms with Gasteiger partial charge in [-0.3, -0.25) is 10.2 Å². The average Bonchev–Trinajstić information content (AvgIpc) is 3.22. The van der Waals surface area contributed by atoms with E-state index in [2.05, 4.69) is 10.6 Å². The molecule has 7 heteroatoms. The lowest BCUT2D eigenvalue weighted by molar-refractivity contribution is 0.0963. The predicted molar refractivity (Wildman–Crippen MR) is 107 cm³/mol. The van der Waals surface area contributed by atoms with Crippen LogP contribution >= 0.6 is 0 Å². The molecule has 1 aliphatic heterocycles. The second kappa shape index (κ2) is 7.11. The Morgan fingerprint density at radius 3 is 2.50 bits per heavy atom. The van der Waals surface area contributed by atoms with Gasteiger partial charge in [0.2, 0.25) is 5.88 Å². The van der Waals surface area contributed by atoms with E-state index < -0.39 is 0 Å². The lowest BCUT2D eigenvalue weighted by atomic mass is 10.0. The highest BCUT2D eigenvalue weighted by atomic mass is 16.5. The van der Waals surface area contributed by atoms with E-state index in [9.17, 15) is 4.79 Å². The fourth-order valence-electron chi connectivity index (χ4n) is 3.27. The summed E-state index contributed by atoms with van der Waals surface area (Å²) in [5.74, 6) is 1.48. The molecule has 1 unspecified atom stereocenters. The lowest BCUT2D eigenvalue weighted by Crippen LogP contribution is -2.42. The number of furan rings is 1. The van der Waals surface area contributed by atoms with Gasteiger partial charge in [0.05, 0.1) is 18.9 Å². The number of ether oxygens (including phenoxy) is 1. The summed E-state index contributed by atoms with van der Waals surface area (Å²) in [6, 6.07) is 16.6. The van der Waals surface area contributed by atoms with E-state index >= 15 is 0 Å². The van der Waals surface area contributed by atoms with E-state index in [4.69, 9.17) is 14.6 Å². The SMILES string of the molecule is CNC(=O)c1ccc(C2Nc3occc3C(=N)N2c2ccc(OC)cc2)cc1. The first kappa shape index (κ1) is 17.7. The molecule has 0 bridgehead atoms. The second-order valence-corrected chi connectivity index (χ2v) is 6.33. The topological polar surface area (TPSA) is 90.6 Å². The van der Waals surface area contributed by atoms with Crippen molar-refractivity contribution in [3.05, 3.63) is 77.6 Å². The van der Waals surface area contributed by atoms with Crippen LogP contribution in [-0.4, -0.2) is 25.9 Å². The Morgan fingerprint density at radius 2 is 1.86 bits per heavy atom. The zero-order chi connectivity index (χ0) is 19.7. The number of amides is 1. The molecule has 2 heterocycles. The third-order valence-electron chi connectivity index (χ3n) is 4.75. The van der Waals surface area contributed by atoms with Crippen molar-refractivity contribution < 1.29 is 13.9 Å². The zero-order valence-electron chi connectivity index (χ0n) is 15.5. The molecule has 1 aliphatic rings. The third-order valence-corrected chi connectivity index (χ3v) is 4.75. The lowest BCUT2D eigenvalue weighted by Gasteiger charge is -2.38. The highest BCUT2D eigenvalue weighted by molar-refractivity contribution is 6.13. The van der Waals surface area contributed by atoms with Crippen LogP contribution in [-0.2, 0) is 0 Å². The van der Waals surface area contributed by atoms with Crippen LogP contribution in [0, 0.1) is 5.41 Å². The van der Waals surface area contributed by atoms with Crippen molar-refractivity contribution in [1.29, 1.82) is 5.41 Å². The number of hydrogen-bond donors (Lipinski definition) is 3. The van der Waals surface area contributed by atoms with E-state index in [1.807, 2.05) is 41.3 Å². The molecule has 1 atom stereocenters. The van der Waals surface area contributed by atoms with Gasteiger partial charge in [0, 0.05) is 18.3 Å². The molecule has 0 saturated carbocycles. The van der Waals surface area contributed by atoms with Crippen molar-refractivity contribution in [2.24, 2.45) is 0 Å². The van der Waals surface area contributed by atoms with Gasteiger partial charge in [0.1, 0.15) is 17.8 Å². The first-order valence-corrected chi connectivity index (χ1v) is 8.80. The molecule has 0 fully saturated rings. The van der Waals surface area contributed by atoms with E-state index in [-0.39, 0.29) is 12.1 Å². The fraction of sp³-hybridized carbons (Fsp3) is 0.143. The summed E-state index contributed by atoms with van der Waals surface area (Å²) in [5.41, 5.74) is 3.00. The second-order valence-electron chi connectivity index (χ2n) is 6.33. The van der Waals surface area contributed by atoms with Gasteiger partial charge in [-0.05, 0) is 48.0 Å². The molecular formula is C21H20N4O3. The minimum Gasteiger partial charge on any atom is -0.497 e. The summed E-state index contributed by atoms with van der Waals surface area (Å²) in [7, 11) is 3.22. The molecule has 0 saturated heterocycles. The predicted octanol–water partition coefficient (Wildman–Crippen LogP) is 3.60. The molecule has 3 aromatic rings. The van der Waals surface area contributed by atoms with Gasteiger partial charge < -0.3 is 24.7 Å². The van der Waals surface area contributed by atoms with Gasteiger partial charge in [-0.2, -0.15) is 0 Å². The van der Waals surface area contributed by atoms with E-state index in [1.54, 1.807) is 38.6 Å². The number of nitrogens with zero attached hydrogens (tertiary/aromatic N) is 1. The summed E-state index contributed by atoms with van der Waals surface area (Å²) in [6.07, 6.45) is 1.20. The summed E-state index contributed by atoms with van der Waals surface area (Å²) in [4.78, 5) is 13.7. The Hall–Kier alpha value is -3.74. The number of rotatable bonds is 4. The van der Waals surface area contributed by atoms with Crippen LogP contribution in [0.2, 0.25) is 0 Å². The number of carbonyl (C=O) groups excluding carboxylic acids is 1. The normalized spacial score (nSPS) is 15.6. The van der Waals surface area contributed by atoms with Gasteiger partial charge in [-0.1, -0.05) is 12.1 Å². The average molecular weight is 376 g/mol. The van der Waals surface area contributed by atoms with E-state index in [0.29, 0.717) is 22.8 Å². The minimum atomic E-state index is -0.363. The van der Waals surface area contributed by atoms with Gasteiger partial charge in [0.25, 0.3) is 5.91 Å². The Bertz CT molecular complexity index is 1010. The molecule has 0 spiro atoms. The van der Waals surface area contributed by atoms with E-state index in [0.717, 1.165) is 17.0 Å². The number of carbonyl (C=O) groups is 1. The molecule has 3 N–H and O–H groups in total. The number of benzene rings is 2. The van der Waals surface area contributed by atoms with Crippen LogP contribution in [0.15, 0.2) is 65.3 Å². The standard InChI is InChI=1S/C21H20N4O3/c1-23-20(26)14-5-3-13(4-6-14)19-24-21-17(11-12-28-21)18(22)25(19)15-7-9-16(27-2)10-8-15/h3-12,19,22,24H,1-2H3,(H,23,26). The summed E-state index contributed by atoms with van der Waals surface area (Å²) in [6.45, 7) is 0. The largest absolute Gasteiger partial charge is 0.497 e. The number of anilines is 2. The molecule has 0 radical (unpaired) electrons. The van der Waals surface area contributed by atoms with Crippen LogP contribution in [0.25, 0.3) is 0 Å². The summed E-state index contributed by atoms with van der Waals surface area (Å²) >= 11 is 0. The quantitative estimate of drug-likeness (QED) is 0.647. The summed E-state index contributed by atoms with van der Waals surface area (Å²) < 4.78 is 10.8. The van der Waals surface area contributed by atoms with Crippen molar-refractivity contribution >= 4 is 23.3 Å². The highest BCUT2D eigenvalue weighted by Gasteiger charge is 2.33. The van der Waals surface area contributed by atoms with Gasteiger partial charge in [-0.25, -0.2) is 0 Å². The first-order valence-electron chi connectivity index (χ1n) is 8.80. The first-order chi connectivity index (χ1) is 13.6. The van der Waals surface area contributed by atoms with Crippen LogP contribution in [0.1, 0.15) is 27.7 Å². The van der Waals surface area contributed by atoms with Gasteiger partial charge >= 0.3 is 0 Å². The molecule has 4 rings (SSSR count). The fourth-order valence-corrected chi connectivity index (χ4v) is 3.27. The number of nitrogens with one attached hydrogen (secondary N) is 3. The smallest absolute Gasteiger partial charge is 0.251 e. The number of hydrogen-bond acceptors (Lipinski definition) is 5. The maximum atomic E-state index is 11.8. The molecule has 2 aromatic carbocycles. The van der Waals surface area contributed by atoms with Crippen LogP contribution in [0.4, 0.5) is 11.6 Å². The molecule has 0 aliphatic carbocycles. The third kappa shape index (κ3) is 2.96. The van der Waals surface area contributed by atoms with Crippen molar-refractivity contribution in [2.75, 3.05) is 24.4 Å². The van der Waals surface area contributed by atoms with Crippen LogP contribution in [0.5, 0.6) is 5.75 Å². The van der Waals surface area contributed by atoms with Crippen LogP contribution in [0.3, 0.4) is 0 Å². The zero-order valence-corrected chi connectivity index (χ0v) is 15.5. The molecule has 1 amide bonds. The Labute approximate surface area is 162 Å². The van der Waals surface area contributed by atoms with Gasteiger partial charge in [0.15, 0.2) is 0 Å². The maximum Gasteiger partial charge on any atom is 0.251 e. The van der Waals surface area contributed by atoms with Crippen molar-refractivity contribution in [2.45, 2.75) is 6.17 Å². The molecule has 7 nitrogen and oxygen atoms in total. The van der Waals surface area contributed by atoms with Crippen LogP contribution < -0.4 is 20.3 Å². The number of amidine groups is 1. The number of fused-ring (bicyclic) bond motifs is 1. The Morgan fingerprint density at radius 1 is 1.14 bits per heavy atom. The molecule has 142 valence electrons. The molecular weight excluding hydrogens is 356 g/mol. The Kier molecular flexibility index (Phi) is 4.49. The molecule has 1 aromatic heterocycles. The van der Waals surface area contributed by atoms with E-state index in [1.165, 1.54) is 0 Å². The highest BCUT2D eigenvalue weighted by Crippen LogP contribution is 2.37. The maximum absolute atomic E-state index is 11.8. The Balaban J connectivity index is 1.76. The number of methoxy groups -OCH3 is 1. The van der Waals surface area contributed by atoms with Crippen molar-refractivity contribution in [3.8, 4) is 5.75 Å². The van der Waals surface area contributed by atoms with Crippen molar-refractivity contribution in [3.63, 3.8) is 0 Å². The monoisotopic (exact) mass is 376 g/mol. The van der Waals surface area contributed by atoms with Crippen molar-refractivity contribution in [1.82, 2.24) is 5.32 Å². The summed E-state index contributed by atoms with van der Waals surface area (Å²) in [5, 5.41) is 14.7. The molecule has 28 heavy (non-hydrogen) atoms. The minimum absolute atomic E-state index is 0.142.